The molecule has 2 amide bonds. The van der Waals surface area contributed by atoms with Crippen LogP contribution in [0.5, 0.6) is 0 Å². The van der Waals surface area contributed by atoms with Gasteiger partial charge in [0.25, 0.3) is 0 Å². The molecule has 0 unspecified atom stereocenters. The van der Waals surface area contributed by atoms with Crippen molar-refractivity contribution in [2.24, 2.45) is 0 Å². The molecule has 0 saturated heterocycles. The first-order valence-electron chi connectivity index (χ1n) is 7.89. The molecule has 0 fully saturated rings. The van der Waals surface area contributed by atoms with E-state index >= 15 is 0 Å². The summed E-state index contributed by atoms with van der Waals surface area (Å²) >= 11 is 0. The smallest absolute Gasteiger partial charge is 0.315 e. The van der Waals surface area contributed by atoms with E-state index < -0.39 is 0 Å². The van der Waals surface area contributed by atoms with Crippen molar-refractivity contribution < 1.29 is 9.21 Å². The standard InChI is InChI=1S/C18H22N2O2/c1-13(8-10-15-6-4-12-22-15)19-18(21)20-17-11-9-14-5-2-3-7-16(14)17/h2-7,12-13,17H,8-11H2,1H3,(H2,19,20,21)/t13-,17-/m0/s1. The zero-order valence-corrected chi connectivity index (χ0v) is 12.8. The van der Waals surface area contributed by atoms with Gasteiger partial charge in [-0.3, -0.25) is 0 Å². The van der Waals surface area contributed by atoms with E-state index in [-0.39, 0.29) is 18.1 Å². The zero-order chi connectivity index (χ0) is 15.4. The van der Waals surface area contributed by atoms with E-state index in [1.807, 2.05) is 25.1 Å². The molecule has 116 valence electrons. The monoisotopic (exact) mass is 298 g/mol. The largest absolute Gasteiger partial charge is 0.469 e. The van der Waals surface area contributed by atoms with Crippen molar-refractivity contribution in [2.75, 3.05) is 0 Å². The van der Waals surface area contributed by atoms with Crippen molar-refractivity contribution in [2.45, 2.75) is 44.7 Å². The van der Waals surface area contributed by atoms with Crippen LogP contribution in [-0.4, -0.2) is 12.1 Å². The number of furan rings is 1. The highest BCUT2D eigenvalue weighted by Gasteiger charge is 2.23. The molecule has 22 heavy (non-hydrogen) atoms. The summed E-state index contributed by atoms with van der Waals surface area (Å²) in [6.07, 6.45) is 5.39. The maximum Gasteiger partial charge on any atom is 0.315 e. The van der Waals surface area contributed by atoms with E-state index in [1.54, 1.807) is 6.26 Å². The second-order valence-electron chi connectivity index (χ2n) is 5.93. The van der Waals surface area contributed by atoms with Crippen molar-refractivity contribution in [3.8, 4) is 0 Å². The quantitative estimate of drug-likeness (QED) is 0.886. The lowest BCUT2D eigenvalue weighted by Crippen LogP contribution is -2.42. The molecule has 3 rings (SSSR count). The predicted molar refractivity (Wildman–Crippen MR) is 85.7 cm³/mol. The first kappa shape index (κ1) is 14.7. The van der Waals surface area contributed by atoms with Gasteiger partial charge in [0.1, 0.15) is 5.76 Å². The summed E-state index contributed by atoms with van der Waals surface area (Å²) in [4.78, 5) is 12.1. The summed E-state index contributed by atoms with van der Waals surface area (Å²) in [6, 6.07) is 12.3. The number of carbonyl (C=O) groups excluding carboxylic acids is 1. The van der Waals surface area contributed by atoms with E-state index in [1.165, 1.54) is 11.1 Å². The summed E-state index contributed by atoms with van der Waals surface area (Å²) in [5, 5.41) is 6.09. The number of urea groups is 1. The van der Waals surface area contributed by atoms with Crippen LogP contribution in [-0.2, 0) is 12.8 Å². The number of amides is 2. The molecule has 2 aromatic rings. The van der Waals surface area contributed by atoms with Crippen LogP contribution in [0.25, 0.3) is 0 Å². The van der Waals surface area contributed by atoms with Crippen LogP contribution in [0, 0.1) is 0 Å². The van der Waals surface area contributed by atoms with Gasteiger partial charge >= 0.3 is 6.03 Å². The SMILES string of the molecule is C[C@@H](CCc1ccco1)NC(=O)N[C@H]1CCc2ccccc21. The van der Waals surface area contributed by atoms with E-state index in [0.717, 1.165) is 31.4 Å². The lowest BCUT2D eigenvalue weighted by molar-refractivity contribution is 0.233. The summed E-state index contributed by atoms with van der Waals surface area (Å²) in [7, 11) is 0. The molecule has 2 N–H and O–H groups in total. The van der Waals surface area contributed by atoms with Crippen molar-refractivity contribution in [1.29, 1.82) is 0 Å². The minimum Gasteiger partial charge on any atom is -0.469 e. The topological polar surface area (TPSA) is 54.3 Å². The second-order valence-corrected chi connectivity index (χ2v) is 5.93. The Morgan fingerprint density at radius 2 is 2.18 bits per heavy atom. The third-order valence-corrected chi connectivity index (χ3v) is 4.22. The molecule has 4 heteroatoms. The van der Waals surface area contributed by atoms with Crippen LogP contribution in [0.15, 0.2) is 47.1 Å². The van der Waals surface area contributed by atoms with E-state index in [9.17, 15) is 4.79 Å². The van der Waals surface area contributed by atoms with Gasteiger partial charge in [0.05, 0.1) is 12.3 Å². The van der Waals surface area contributed by atoms with Gasteiger partial charge in [-0.1, -0.05) is 24.3 Å². The fourth-order valence-electron chi connectivity index (χ4n) is 3.02. The Kier molecular flexibility index (Phi) is 4.47. The molecule has 0 aliphatic heterocycles. The van der Waals surface area contributed by atoms with Gasteiger partial charge in [-0.2, -0.15) is 0 Å². The lowest BCUT2D eigenvalue weighted by atomic mass is 10.1. The first-order valence-corrected chi connectivity index (χ1v) is 7.89. The Bertz CT molecular complexity index is 622. The van der Waals surface area contributed by atoms with Gasteiger partial charge in [0, 0.05) is 12.5 Å². The zero-order valence-electron chi connectivity index (χ0n) is 12.8. The number of rotatable bonds is 5. The number of aryl methyl sites for hydroxylation is 2. The number of carbonyl (C=O) groups is 1. The van der Waals surface area contributed by atoms with Gasteiger partial charge in [-0.25, -0.2) is 4.79 Å². The molecule has 1 aliphatic carbocycles. The highest BCUT2D eigenvalue weighted by molar-refractivity contribution is 5.75. The molecule has 4 nitrogen and oxygen atoms in total. The molecule has 0 bridgehead atoms. The molecule has 0 saturated carbocycles. The molecule has 1 aliphatic rings. The van der Waals surface area contributed by atoms with Crippen molar-refractivity contribution in [1.82, 2.24) is 10.6 Å². The minimum atomic E-state index is -0.0892. The van der Waals surface area contributed by atoms with Crippen LogP contribution in [0.1, 0.15) is 42.7 Å². The fourth-order valence-corrected chi connectivity index (χ4v) is 3.02. The molecule has 2 atom stereocenters. The van der Waals surface area contributed by atoms with Crippen LogP contribution < -0.4 is 10.6 Å². The van der Waals surface area contributed by atoms with E-state index in [4.69, 9.17) is 4.42 Å². The van der Waals surface area contributed by atoms with Crippen LogP contribution in [0.3, 0.4) is 0 Å². The van der Waals surface area contributed by atoms with Gasteiger partial charge < -0.3 is 15.1 Å². The predicted octanol–water partition coefficient (Wildman–Crippen LogP) is 3.59. The Balaban J connectivity index is 1.46. The second kappa shape index (κ2) is 6.69. The van der Waals surface area contributed by atoms with Crippen molar-refractivity contribution in [3.05, 3.63) is 59.5 Å². The molecule has 1 heterocycles. The summed E-state index contributed by atoms with van der Waals surface area (Å²) in [5.74, 6) is 0.957. The van der Waals surface area contributed by atoms with Crippen molar-refractivity contribution in [3.63, 3.8) is 0 Å². The van der Waals surface area contributed by atoms with E-state index in [0.29, 0.717) is 0 Å². The Morgan fingerprint density at radius 3 is 3.00 bits per heavy atom. The maximum atomic E-state index is 12.1. The van der Waals surface area contributed by atoms with Gasteiger partial charge in [0.2, 0.25) is 0 Å². The summed E-state index contributed by atoms with van der Waals surface area (Å²) in [5.41, 5.74) is 2.60. The normalized spacial score (nSPS) is 17.8. The fraction of sp³-hybridized carbons (Fsp3) is 0.389. The lowest BCUT2D eigenvalue weighted by Gasteiger charge is -2.18. The van der Waals surface area contributed by atoms with Gasteiger partial charge in [0.15, 0.2) is 0 Å². The Morgan fingerprint density at radius 1 is 1.32 bits per heavy atom. The molecule has 1 aromatic heterocycles. The summed E-state index contributed by atoms with van der Waals surface area (Å²) in [6.45, 7) is 2.02. The Hall–Kier alpha value is -2.23. The van der Waals surface area contributed by atoms with Crippen LogP contribution in [0.4, 0.5) is 4.79 Å². The van der Waals surface area contributed by atoms with Crippen LogP contribution in [0.2, 0.25) is 0 Å². The van der Waals surface area contributed by atoms with Crippen molar-refractivity contribution >= 4 is 6.03 Å². The van der Waals surface area contributed by atoms with Gasteiger partial charge in [-0.15, -0.1) is 0 Å². The maximum absolute atomic E-state index is 12.1. The number of hydrogen-bond acceptors (Lipinski definition) is 2. The minimum absolute atomic E-state index is 0.0892. The first-order chi connectivity index (χ1) is 10.7. The van der Waals surface area contributed by atoms with E-state index in [2.05, 4.69) is 28.8 Å². The summed E-state index contributed by atoms with van der Waals surface area (Å²) < 4.78 is 5.31. The molecule has 0 radical (unpaired) electrons. The van der Waals surface area contributed by atoms with Gasteiger partial charge in [-0.05, 0) is 49.4 Å². The van der Waals surface area contributed by atoms with Crippen LogP contribution >= 0.6 is 0 Å². The number of fused-ring (bicyclic) bond motifs is 1. The molecular formula is C18H22N2O2. The Labute approximate surface area is 130 Å². The highest BCUT2D eigenvalue weighted by atomic mass is 16.3. The third kappa shape index (κ3) is 3.50. The number of nitrogens with one attached hydrogen (secondary N) is 2. The molecule has 1 aromatic carbocycles. The molecule has 0 spiro atoms. The number of hydrogen-bond donors (Lipinski definition) is 2. The number of benzene rings is 1. The highest BCUT2D eigenvalue weighted by Crippen LogP contribution is 2.30. The average Bonchev–Trinajstić information content (AvgIpc) is 3.15. The molecular weight excluding hydrogens is 276 g/mol. The average molecular weight is 298 g/mol. The third-order valence-electron chi connectivity index (χ3n) is 4.22.